The van der Waals surface area contributed by atoms with Crippen molar-refractivity contribution in [2.45, 2.75) is 30.1 Å². The van der Waals surface area contributed by atoms with Gasteiger partial charge in [-0.15, -0.1) is 0 Å². The van der Waals surface area contributed by atoms with Gasteiger partial charge < -0.3 is 5.32 Å². The molecule has 2 unspecified atom stereocenters. The third-order valence-electron chi connectivity index (χ3n) is 3.31. The summed E-state index contributed by atoms with van der Waals surface area (Å²) in [6.07, 6.45) is 2.97. The lowest BCUT2D eigenvalue weighted by Gasteiger charge is -2.26. The SMILES string of the molecule is CN=C1NC(=O)C2(CCCC2S(C)(=O)=O)N1. The van der Waals surface area contributed by atoms with Crippen molar-refractivity contribution in [3.63, 3.8) is 0 Å². The zero-order valence-electron chi connectivity index (χ0n) is 9.28. The van der Waals surface area contributed by atoms with E-state index in [0.717, 1.165) is 6.42 Å². The quantitative estimate of drug-likeness (QED) is 0.622. The first-order valence-corrected chi connectivity index (χ1v) is 7.11. The molecule has 2 N–H and O–H groups in total. The van der Waals surface area contributed by atoms with Crippen LogP contribution in [0.2, 0.25) is 0 Å². The van der Waals surface area contributed by atoms with Crippen LogP contribution in [0.5, 0.6) is 0 Å². The average molecular weight is 245 g/mol. The number of nitrogens with one attached hydrogen (secondary N) is 2. The molecule has 1 spiro atoms. The Labute approximate surface area is 94.4 Å². The van der Waals surface area contributed by atoms with Crippen LogP contribution in [0.3, 0.4) is 0 Å². The lowest BCUT2D eigenvalue weighted by atomic mass is 9.98. The molecule has 0 aromatic heterocycles. The number of amides is 1. The summed E-state index contributed by atoms with van der Waals surface area (Å²) in [7, 11) is -1.69. The molecule has 2 aliphatic rings. The smallest absolute Gasteiger partial charge is 0.253 e. The van der Waals surface area contributed by atoms with Gasteiger partial charge in [-0.25, -0.2) is 8.42 Å². The number of rotatable bonds is 1. The first-order chi connectivity index (χ1) is 7.40. The second kappa shape index (κ2) is 3.44. The van der Waals surface area contributed by atoms with Crippen LogP contribution in [0, 0.1) is 0 Å². The third kappa shape index (κ3) is 1.50. The Morgan fingerprint density at radius 2 is 2.19 bits per heavy atom. The van der Waals surface area contributed by atoms with Crippen LogP contribution in [-0.2, 0) is 14.6 Å². The van der Waals surface area contributed by atoms with Crippen molar-refractivity contribution in [1.82, 2.24) is 10.6 Å². The summed E-state index contributed by atoms with van der Waals surface area (Å²) in [5, 5.41) is 4.85. The highest BCUT2D eigenvalue weighted by Crippen LogP contribution is 2.36. The predicted molar refractivity (Wildman–Crippen MR) is 59.9 cm³/mol. The average Bonchev–Trinajstić information content (AvgIpc) is 2.73. The standard InChI is InChI=1S/C9H15N3O3S/c1-10-8-11-7(13)9(12-8)5-3-4-6(9)16(2,14)15/h6H,3-5H2,1-2H3,(H2,10,11,12,13). The number of hydrogen-bond acceptors (Lipinski definition) is 4. The van der Waals surface area contributed by atoms with Crippen molar-refractivity contribution >= 4 is 21.7 Å². The first-order valence-electron chi connectivity index (χ1n) is 5.15. The summed E-state index contributed by atoms with van der Waals surface area (Å²) in [5.41, 5.74) is -0.998. The van der Waals surface area contributed by atoms with Crippen LogP contribution in [0.1, 0.15) is 19.3 Å². The molecular formula is C9H15N3O3S. The Hall–Kier alpha value is -1.11. The number of sulfone groups is 1. The summed E-state index contributed by atoms with van der Waals surface area (Å²) in [4.78, 5) is 15.8. The van der Waals surface area contributed by atoms with Crippen molar-refractivity contribution < 1.29 is 13.2 Å². The first kappa shape index (κ1) is 11.4. The number of nitrogens with zero attached hydrogens (tertiary/aromatic N) is 1. The van der Waals surface area contributed by atoms with Gasteiger partial charge in [-0.05, 0) is 19.3 Å². The van der Waals surface area contributed by atoms with Crippen molar-refractivity contribution in [3.05, 3.63) is 0 Å². The molecule has 1 saturated carbocycles. The van der Waals surface area contributed by atoms with E-state index in [9.17, 15) is 13.2 Å². The Kier molecular flexibility index (Phi) is 2.45. The van der Waals surface area contributed by atoms with Gasteiger partial charge in [0.1, 0.15) is 5.54 Å². The highest BCUT2D eigenvalue weighted by atomic mass is 32.2. The molecule has 0 aromatic carbocycles. The fourth-order valence-electron chi connectivity index (χ4n) is 2.59. The van der Waals surface area contributed by atoms with Crippen molar-refractivity contribution in [3.8, 4) is 0 Å². The van der Waals surface area contributed by atoms with Gasteiger partial charge in [-0.2, -0.15) is 0 Å². The number of carbonyl (C=O) groups excluding carboxylic acids is 1. The molecule has 16 heavy (non-hydrogen) atoms. The molecule has 2 atom stereocenters. The third-order valence-corrected chi connectivity index (χ3v) is 4.98. The van der Waals surface area contributed by atoms with E-state index in [2.05, 4.69) is 15.6 Å². The molecule has 1 saturated heterocycles. The van der Waals surface area contributed by atoms with Gasteiger partial charge in [-0.3, -0.25) is 15.1 Å². The lowest BCUT2D eigenvalue weighted by Crippen LogP contribution is -2.55. The van der Waals surface area contributed by atoms with Crippen molar-refractivity contribution in [2.24, 2.45) is 4.99 Å². The van der Waals surface area contributed by atoms with Crippen LogP contribution in [0.25, 0.3) is 0 Å². The van der Waals surface area contributed by atoms with Crippen LogP contribution in [0.15, 0.2) is 4.99 Å². The minimum absolute atomic E-state index is 0.277. The highest BCUT2D eigenvalue weighted by Gasteiger charge is 2.57. The molecule has 1 amide bonds. The zero-order chi connectivity index (χ0) is 12.0. The molecule has 0 radical (unpaired) electrons. The lowest BCUT2D eigenvalue weighted by molar-refractivity contribution is -0.123. The minimum Gasteiger partial charge on any atom is -0.341 e. The summed E-state index contributed by atoms with van der Waals surface area (Å²) in [6, 6.07) is 0. The van der Waals surface area contributed by atoms with Crippen LogP contribution in [0.4, 0.5) is 0 Å². The summed E-state index contributed by atoms with van der Waals surface area (Å²) >= 11 is 0. The monoisotopic (exact) mass is 245 g/mol. The van der Waals surface area contributed by atoms with E-state index < -0.39 is 20.6 Å². The second-order valence-electron chi connectivity index (χ2n) is 4.33. The predicted octanol–water partition coefficient (Wildman–Crippen LogP) is -0.972. The summed E-state index contributed by atoms with van der Waals surface area (Å²) < 4.78 is 23.4. The Balaban J connectivity index is 2.42. The molecule has 2 fully saturated rings. The van der Waals surface area contributed by atoms with E-state index in [-0.39, 0.29) is 5.91 Å². The topological polar surface area (TPSA) is 87.6 Å². The maximum Gasteiger partial charge on any atom is 0.253 e. The van der Waals surface area contributed by atoms with E-state index in [1.54, 1.807) is 7.05 Å². The maximum absolute atomic E-state index is 11.9. The normalized spacial score (nSPS) is 36.8. The molecule has 1 heterocycles. The molecule has 2 rings (SSSR count). The van der Waals surface area contributed by atoms with E-state index in [0.29, 0.717) is 18.8 Å². The largest absolute Gasteiger partial charge is 0.341 e. The second-order valence-corrected chi connectivity index (χ2v) is 6.56. The zero-order valence-corrected chi connectivity index (χ0v) is 10.1. The fraction of sp³-hybridized carbons (Fsp3) is 0.778. The molecule has 0 aromatic rings. The van der Waals surface area contributed by atoms with Crippen LogP contribution >= 0.6 is 0 Å². The van der Waals surface area contributed by atoms with Gasteiger partial charge in [0.2, 0.25) is 0 Å². The molecule has 7 heteroatoms. The molecule has 6 nitrogen and oxygen atoms in total. The van der Waals surface area contributed by atoms with E-state index in [1.165, 1.54) is 6.26 Å². The molecule has 1 aliphatic heterocycles. The Bertz CT molecular complexity index is 457. The van der Waals surface area contributed by atoms with E-state index >= 15 is 0 Å². The van der Waals surface area contributed by atoms with Crippen molar-refractivity contribution in [2.75, 3.05) is 13.3 Å². The molecule has 0 bridgehead atoms. The van der Waals surface area contributed by atoms with Gasteiger partial charge >= 0.3 is 0 Å². The molecule has 90 valence electrons. The van der Waals surface area contributed by atoms with E-state index in [4.69, 9.17) is 0 Å². The number of carbonyl (C=O) groups is 1. The van der Waals surface area contributed by atoms with Crippen molar-refractivity contribution in [1.29, 1.82) is 0 Å². The Morgan fingerprint density at radius 3 is 2.69 bits per heavy atom. The highest BCUT2D eigenvalue weighted by molar-refractivity contribution is 7.91. The number of hydrogen-bond donors (Lipinski definition) is 2. The summed E-state index contributed by atoms with van der Waals surface area (Å²) in [6.45, 7) is 0. The number of guanidine groups is 1. The van der Waals surface area contributed by atoms with Gasteiger partial charge in [0, 0.05) is 13.3 Å². The van der Waals surface area contributed by atoms with E-state index in [1.807, 2.05) is 0 Å². The summed E-state index contributed by atoms with van der Waals surface area (Å²) in [5.74, 6) is 0.0848. The van der Waals surface area contributed by atoms with Gasteiger partial charge in [0.25, 0.3) is 5.91 Å². The Morgan fingerprint density at radius 1 is 1.50 bits per heavy atom. The molecule has 1 aliphatic carbocycles. The fourth-order valence-corrected chi connectivity index (χ4v) is 4.20. The minimum atomic E-state index is -3.24. The van der Waals surface area contributed by atoms with Gasteiger partial charge in [-0.1, -0.05) is 0 Å². The van der Waals surface area contributed by atoms with Gasteiger partial charge in [0.05, 0.1) is 5.25 Å². The van der Waals surface area contributed by atoms with Crippen LogP contribution < -0.4 is 10.6 Å². The maximum atomic E-state index is 11.9. The van der Waals surface area contributed by atoms with Gasteiger partial charge in [0.15, 0.2) is 15.8 Å². The number of aliphatic imine (C=N–C) groups is 1. The van der Waals surface area contributed by atoms with Crippen LogP contribution in [-0.4, -0.2) is 44.4 Å². The molecular weight excluding hydrogens is 230 g/mol.